The molecule has 0 saturated heterocycles. The standard InChI is InChI=1S/C60H40N2S/c1-4-16-41(17-5-1)44-30-34-48(35-31-44)61(58-28-15-26-52-51-25-11-13-29-59(51)63-60(52)58)49-23-14-22-47(38-49)50-24-10-12-27-55(50)62-56-36-32-45(42-18-6-2-7-19-42)39-53(56)54-40-46(33-37-57(54)62)43-20-8-3-9-21-43/h1-40H. The van der Waals surface area contributed by atoms with E-state index in [-0.39, 0.29) is 0 Å². The second-order valence-electron chi connectivity index (χ2n) is 16.1. The van der Waals surface area contributed by atoms with Crippen LogP contribution in [0.3, 0.4) is 0 Å². The van der Waals surface area contributed by atoms with Gasteiger partial charge in [-0.3, -0.25) is 0 Å². The largest absolute Gasteiger partial charge is 0.309 e. The highest BCUT2D eigenvalue weighted by Crippen LogP contribution is 2.46. The Morgan fingerprint density at radius 3 is 1.49 bits per heavy atom. The maximum atomic E-state index is 2.47. The van der Waals surface area contributed by atoms with Crippen molar-refractivity contribution in [3.05, 3.63) is 243 Å². The summed E-state index contributed by atoms with van der Waals surface area (Å²) in [5.74, 6) is 0. The van der Waals surface area contributed by atoms with Crippen molar-refractivity contribution < 1.29 is 0 Å². The van der Waals surface area contributed by atoms with Crippen molar-refractivity contribution in [2.45, 2.75) is 0 Å². The molecule has 2 nitrogen and oxygen atoms in total. The lowest BCUT2D eigenvalue weighted by Crippen LogP contribution is -2.10. The molecular formula is C60H40N2S. The Morgan fingerprint density at radius 1 is 0.317 bits per heavy atom. The number of aromatic nitrogens is 1. The molecule has 0 amide bonds. The van der Waals surface area contributed by atoms with E-state index >= 15 is 0 Å². The van der Waals surface area contributed by atoms with Gasteiger partial charge in [-0.25, -0.2) is 0 Å². The average molecular weight is 821 g/mol. The topological polar surface area (TPSA) is 8.17 Å². The van der Waals surface area contributed by atoms with E-state index in [9.17, 15) is 0 Å². The molecule has 2 aromatic heterocycles. The van der Waals surface area contributed by atoms with Crippen molar-refractivity contribution in [2.24, 2.45) is 0 Å². The van der Waals surface area contributed by atoms with Gasteiger partial charge < -0.3 is 9.47 Å². The maximum Gasteiger partial charge on any atom is 0.0640 e. The predicted molar refractivity (Wildman–Crippen MR) is 270 cm³/mol. The number of anilines is 3. The highest BCUT2D eigenvalue weighted by Gasteiger charge is 2.21. The highest BCUT2D eigenvalue weighted by molar-refractivity contribution is 7.26. The Labute approximate surface area is 370 Å². The summed E-state index contributed by atoms with van der Waals surface area (Å²) in [6.45, 7) is 0. The molecule has 0 fully saturated rings. The second-order valence-corrected chi connectivity index (χ2v) is 17.2. The lowest BCUT2D eigenvalue weighted by molar-refractivity contribution is 1.18. The van der Waals surface area contributed by atoms with Gasteiger partial charge in [0, 0.05) is 43.2 Å². The maximum absolute atomic E-state index is 2.47. The van der Waals surface area contributed by atoms with Gasteiger partial charge >= 0.3 is 0 Å². The quantitative estimate of drug-likeness (QED) is 0.148. The Bertz CT molecular complexity index is 3510. The summed E-state index contributed by atoms with van der Waals surface area (Å²) in [6.07, 6.45) is 0. The Kier molecular flexibility index (Phi) is 9.06. The highest BCUT2D eigenvalue weighted by atomic mass is 32.1. The minimum absolute atomic E-state index is 1.10. The molecule has 0 saturated carbocycles. The molecule has 0 radical (unpaired) electrons. The van der Waals surface area contributed by atoms with Gasteiger partial charge in [0.2, 0.25) is 0 Å². The molecule has 12 aromatic rings. The summed E-state index contributed by atoms with van der Waals surface area (Å²) >= 11 is 1.86. The fraction of sp³-hybridized carbons (Fsp3) is 0. The number of rotatable bonds is 8. The number of fused-ring (bicyclic) bond motifs is 6. The number of thiophene rings is 1. The van der Waals surface area contributed by atoms with Crippen molar-refractivity contribution in [1.82, 2.24) is 4.57 Å². The first-order valence-electron chi connectivity index (χ1n) is 21.5. The minimum atomic E-state index is 1.10. The average Bonchev–Trinajstić information content (AvgIpc) is 3.91. The third-order valence-electron chi connectivity index (χ3n) is 12.4. The van der Waals surface area contributed by atoms with Gasteiger partial charge in [0.05, 0.1) is 27.1 Å². The zero-order valence-electron chi connectivity index (χ0n) is 34.4. The Balaban J connectivity index is 1.04. The predicted octanol–water partition coefficient (Wildman–Crippen LogP) is 17.3. The number of benzene rings is 10. The number of hydrogen-bond donors (Lipinski definition) is 0. The minimum Gasteiger partial charge on any atom is -0.309 e. The summed E-state index contributed by atoms with van der Waals surface area (Å²) < 4.78 is 5.03. The van der Waals surface area contributed by atoms with Crippen LogP contribution in [0, 0.1) is 0 Å². The van der Waals surface area contributed by atoms with E-state index in [2.05, 4.69) is 252 Å². The normalized spacial score (nSPS) is 11.5. The molecule has 296 valence electrons. The molecule has 63 heavy (non-hydrogen) atoms. The van der Waals surface area contributed by atoms with Crippen molar-refractivity contribution >= 4 is 70.4 Å². The van der Waals surface area contributed by atoms with Crippen LogP contribution in [0.25, 0.3) is 92.2 Å². The molecule has 0 atom stereocenters. The van der Waals surface area contributed by atoms with Gasteiger partial charge in [0.15, 0.2) is 0 Å². The summed E-state index contributed by atoms with van der Waals surface area (Å²) in [5.41, 5.74) is 16.4. The van der Waals surface area contributed by atoms with E-state index in [1.165, 1.54) is 75.4 Å². The summed E-state index contributed by atoms with van der Waals surface area (Å²) in [7, 11) is 0. The van der Waals surface area contributed by atoms with Crippen molar-refractivity contribution in [1.29, 1.82) is 0 Å². The van der Waals surface area contributed by atoms with Gasteiger partial charge in [0.25, 0.3) is 0 Å². The molecule has 12 rings (SSSR count). The second kappa shape index (κ2) is 15.5. The molecule has 0 aliphatic carbocycles. The lowest BCUT2D eigenvalue weighted by atomic mass is 10.0. The van der Waals surface area contributed by atoms with Gasteiger partial charge in [0.1, 0.15) is 0 Å². The van der Waals surface area contributed by atoms with E-state index in [0.29, 0.717) is 0 Å². The fourth-order valence-corrected chi connectivity index (χ4v) is 10.6. The molecule has 0 N–H and O–H groups in total. The summed E-state index contributed by atoms with van der Waals surface area (Å²) in [6, 6.07) is 88.4. The number of nitrogens with zero attached hydrogens (tertiary/aromatic N) is 2. The zero-order valence-corrected chi connectivity index (χ0v) is 35.2. The number of hydrogen-bond acceptors (Lipinski definition) is 2. The smallest absolute Gasteiger partial charge is 0.0640 e. The Hall–Kier alpha value is -7.98. The number of para-hydroxylation sites is 1. The van der Waals surface area contributed by atoms with Crippen LogP contribution in [0.15, 0.2) is 243 Å². The summed E-state index contributed by atoms with van der Waals surface area (Å²) in [4.78, 5) is 2.44. The van der Waals surface area contributed by atoms with Gasteiger partial charge in [-0.05, 0) is 106 Å². The third-order valence-corrected chi connectivity index (χ3v) is 13.6. The monoisotopic (exact) mass is 820 g/mol. The SMILES string of the molecule is c1ccc(-c2ccc(N(c3cccc(-c4ccccc4-n4c5ccc(-c6ccccc6)cc5c5cc(-c6ccccc6)ccc54)c3)c3cccc4c3sc3ccccc34)cc2)cc1. The van der Waals surface area contributed by atoms with Gasteiger partial charge in [-0.1, -0.05) is 176 Å². The van der Waals surface area contributed by atoms with Crippen molar-refractivity contribution in [3.8, 4) is 50.2 Å². The van der Waals surface area contributed by atoms with E-state index in [4.69, 9.17) is 0 Å². The van der Waals surface area contributed by atoms with Gasteiger partial charge in [-0.2, -0.15) is 0 Å². The molecule has 0 aliphatic heterocycles. The lowest BCUT2D eigenvalue weighted by Gasteiger charge is -2.27. The third kappa shape index (κ3) is 6.50. The van der Waals surface area contributed by atoms with E-state index < -0.39 is 0 Å². The Morgan fingerprint density at radius 2 is 0.825 bits per heavy atom. The first-order valence-corrected chi connectivity index (χ1v) is 22.3. The van der Waals surface area contributed by atoms with Crippen LogP contribution >= 0.6 is 11.3 Å². The molecular weight excluding hydrogens is 781 g/mol. The molecule has 0 bridgehead atoms. The first kappa shape index (κ1) is 36.8. The molecule has 10 aromatic carbocycles. The van der Waals surface area contributed by atoms with Crippen LogP contribution < -0.4 is 4.90 Å². The van der Waals surface area contributed by atoms with Crippen LogP contribution in [0.5, 0.6) is 0 Å². The van der Waals surface area contributed by atoms with E-state index in [1.807, 2.05) is 11.3 Å². The van der Waals surface area contributed by atoms with Crippen molar-refractivity contribution in [3.63, 3.8) is 0 Å². The van der Waals surface area contributed by atoms with Crippen LogP contribution in [0.2, 0.25) is 0 Å². The fourth-order valence-electron chi connectivity index (χ4n) is 9.40. The van der Waals surface area contributed by atoms with Crippen LogP contribution in [-0.4, -0.2) is 4.57 Å². The van der Waals surface area contributed by atoms with Crippen LogP contribution in [-0.2, 0) is 0 Å². The molecule has 0 spiro atoms. The molecule has 0 unspecified atom stereocenters. The molecule has 2 heterocycles. The van der Waals surface area contributed by atoms with E-state index in [1.54, 1.807) is 0 Å². The van der Waals surface area contributed by atoms with Crippen LogP contribution in [0.1, 0.15) is 0 Å². The van der Waals surface area contributed by atoms with Gasteiger partial charge in [-0.15, -0.1) is 11.3 Å². The zero-order chi connectivity index (χ0) is 41.7. The molecule has 3 heteroatoms. The van der Waals surface area contributed by atoms with Crippen molar-refractivity contribution in [2.75, 3.05) is 4.90 Å². The van der Waals surface area contributed by atoms with E-state index in [0.717, 1.165) is 33.9 Å². The summed E-state index contributed by atoms with van der Waals surface area (Å²) in [5, 5.41) is 5.03. The van der Waals surface area contributed by atoms with Crippen LogP contribution in [0.4, 0.5) is 17.1 Å². The molecule has 0 aliphatic rings. The first-order chi connectivity index (χ1) is 31.2.